The number of hydrogen-bond acceptors (Lipinski definition) is 5. The van der Waals surface area contributed by atoms with Crippen LogP contribution in [0.5, 0.6) is 0 Å². The number of benzene rings is 2. The second-order valence-electron chi connectivity index (χ2n) is 6.43. The van der Waals surface area contributed by atoms with Gasteiger partial charge in [0, 0.05) is 41.4 Å². The largest absolute Gasteiger partial charge is 0.315 e. The lowest BCUT2D eigenvalue weighted by Crippen LogP contribution is -2.27. The van der Waals surface area contributed by atoms with Crippen LogP contribution in [0.25, 0.3) is 17.1 Å². The number of rotatable bonds is 6. The number of carbonyl (C=O) groups excluding carboxylic acids is 1. The van der Waals surface area contributed by atoms with Crippen molar-refractivity contribution in [2.75, 3.05) is 17.7 Å². The van der Waals surface area contributed by atoms with Crippen molar-refractivity contribution in [1.29, 1.82) is 0 Å². The summed E-state index contributed by atoms with van der Waals surface area (Å²) in [5.74, 6) is 0.876. The molecule has 30 heavy (non-hydrogen) atoms. The van der Waals surface area contributed by atoms with E-state index >= 15 is 0 Å². The summed E-state index contributed by atoms with van der Waals surface area (Å²) in [6.07, 6.45) is 3.42. The second kappa shape index (κ2) is 9.11. The molecule has 1 amide bonds. The van der Waals surface area contributed by atoms with Crippen molar-refractivity contribution >= 4 is 35.0 Å². The standard InChI is InChI=1S/C22H18ClN5OS/c1-27(18-5-3-2-4-6-18)20(29)15-30-22-26-25-21(16-11-13-24-14-12-16)28(22)19-9-7-17(23)8-10-19/h2-14H,15H2,1H3. The number of hydrogen-bond donors (Lipinski definition) is 0. The Balaban J connectivity index is 1.62. The molecule has 0 N–H and O–H groups in total. The zero-order chi connectivity index (χ0) is 20.9. The van der Waals surface area contributed by atoms with E-state index in [0.717, 1.165) is 16.9 Å². The Kier molecular flexibility index (Phi) is 6.11. The zero-order valence-corrected chi connectivity index (χ0v) is 17.7. The summed E-state index contributed by atoms with van der Waals surface area (Å²) in [6.45, 7) is 0. The van der Waals surface area contributed by atoms with Crippen LogP contribution in [0.15, 0.2) is 84.3 Å². The van der Waals surface area contributed by atoms with Gasteiger partial charge in [0.25, 0.3) is 0 Å². The normalized spacial score (nSPS) is 10.7. The van der Waals surface area contributed by atoms with Gasteiger partial charge in [0.2, 0.25) is 5.91 Å². The van der Waals surface area contributed by atoms with Crippen LogP contribution in [-0.2, 0) is 4.79 Å². The molecular formula is C22H18ClN5OS. The van der Waals surface area contributed by atoms with Crippen LogP contribution >= 0.6 is 23.4 Å². The van der Waals surface area contributed by atoms with Gasteiger partial charge in [0.1, 0.15) is 0 Å². The van der Waals surface area contributed by atoms with E-state index < -0.39 is 0 Å². The highest BCUT2D eigenvalue weighted by Crippen LogP contribution is 2.28. The SMILES string of the molecule is CN(C(=O)CSc1nnc(-c2ccncc2)n1-c1ccc(Cl)cc1)c1ccccc1. The van der Waals surface area contributed by atoms with Gasteiger partial charge >= 0.3 is 0 Å². The third kappa shape index (κ3) is 4.37. The monoisotopic (exact) mass is 435 g/mol. The van der Waals surface area contributed by atoms with Gasteiger partial charge < -0.3 is 4.90 Å². The van der Waals surface area contributed by atoms with Crippen LogP contribution in [0.2, 0.25) is 5.02 Å². The van der Waals surface area contributed by atoms with E-state index in [2.05, 4.69) is 15.2 Å². The number of thioether (sulfide) groups is 1. The fraction of sp³-hybridized carbons (Fsp3) is 0.0909. The molecule has 2 heterocycles. The first-order chi connectivity index (χ1) is 14.6. The molecule has 0 aliphatic rings. The maximum absolute atomic E-state index is 12.7. The van der Waals surface area contributed by atoms with Crippen LogP contribution < -0.4 is 4.90 Å². The average Bonchev–Trinajstić information content (AvgIpc) is 3.22. The Labute approximate surface area is 183 Å². The number of aromatic nitrogens is 4. The lowest BCUT2D eigenvalue weighted by molar-refractivity contribution is -0.115. The highest BCUT2D eigenvalue weighted by atomic mass is 35.5. The van der Waals surface area contributed by atoms with Crippen LogP contribution in [0.3, 0.4) is 0 Å². The van der Waals surface area contributed by atoms with Crippen LogP contribution in [0.1, 0.15) is 0 Å². The van der Waals surface area contributed by atoms with Gasteiger partial charge in [-0.1, -0.05) is 41.6 Å². The van der Waals surface area contributed by atoms with Gasteiger partial charge in [0.05, 0.1) is 5.75 Å². The summed E-state index contributed by atoms with van der Waals surface area (Å²) < 4.78 is 1.92. The highest BCUT2D eigenvalue weighted by Gasteiger charge is 2.19. The molecule has 2 aromatic carbocycles. The Hall–Kier alpha value is -3.16. The molecule has 6 nitrogen and oxygen atoms in total. The van der Waals surface area contributed by atoms with Gasteiger partial charge in [0.15, 0.2) is 11.0 Å². The molecule has 0 aliphatic heterocycles. The van der Waals surface area contributed by atoms with Crippen molar-refractivity contribution in [3.63, 3.8) is 0 Å². The molecule has 0 aliphatic carbocycles. The van der Waals surface area contributed by atoms with Crippen molar-refractivity contribution in [2.24, 2.45) is 0 Å². The smallest absolute Gasteiger partial charge is 0.237 e. The summed E-state index contributed by atoms with van der Waals surface area (Å²) >= 11 is 7.40. The summed E-state index contributed by atoms with van der Waals surface area (Å²) in [4.78, 5) is 18.4. The van der Waals surface area contributed by atoms with Crippen LogP contribution in [0.4, 0.5) is 5.69 Å². The third-order valence-electron chi connectivity index (χ3n) is 4.50. The Bertz CT molecular complexity index is 1130. The van der Waals surface area contributed by atoms with Crippen LogP contribution in [0, 0.1) is 0 Å². The van der Waals surface area contributed by atoms with Crippen molar-refractivity contribution in [1.82, 2.24) is 19.7 Å². The number of para-hydroxylation sites is 1. The second-order valence-corrected chi connectivity index (χ2v) is 7.81. The molecule has 0 spiro atoms. The van der Waals surface area contributed by atoms with E-state index in [1.807, 2.05) is 71.3 Å². The van der Waals surface area contributed by atoms with Crippen molar-refractivity contribution in [3.05, 3.63) is 84.1 Å². The predicted octanol–water partition coefficient (Wildman–Crippen LogP) is 4.74. The first-order valence-corrected chi connectivity index (χ1v) is 10.6. The van der Waals surface area contributed by atoms with E-state index in [1.165, 1.54) is 11.8 Å². The van der Waals surface area contributed by atoms with Crippen LogP contribution in [-0.4, -0.2) is 38.5 Å². The quantitative estimate of drug-likeness (QED) is 0.409. The van der Waals surface area contributed by atoms with E-state index in [-0.39, 0.29) is 11.7 Å². The zero-order valence-electron chi connectivity index (χ0n) is 16.1. The Morgan fingerprint density at radius 1 is 1.00 bits per heavy atom. The first kappa shape index (κ1) is 20.1. The first-order valence-electron chi connectivity index (χ1n) is 9.19. The molecule has 0 bridgehead atoms. The van der Waals surface area contributed by atoms with Crippen molar-refractivity contribution < 1.29 is 4.79 Å². The van der Waals surface area contributed by atoms with E-state index in [4.69, 9.17) is 11.6 Å². The molecular weight excluding hydrogens is 418 g/mol. The molecule has 150 valence electrons. The number of pyridine rings is 1. The average molecular weight is 436 g/mol. The molecule has 0 saturated heterocycles. The van der Waals surface area contributed by atoms with E-state index in [9.17, 15) is 4.79 Å². The number of amides is 1. The maximum atomic E-state index is 12.7. The van der Waals surface area contributed by atoms with Gasteiger partial charge in [-0.25, -0.2) is 0 Å². The van der Waals surface area contributed by atoms with Gasteiger partial charge in [-0.05, 0) is 48.5 Å². The molecule has 0 saturated carbocycles. The van der Waals surface area contributed by atoms with Crippen molar-refractivity contribution in [3.8, 4) is 17.1 Å². The highest BCUT2D eigenvalue weighted by molar-refractivity contribution is 7.99. The summed E-state index contributed by atoms with van der Waals surface area (Å²) in [7, 11) is 1.77. The fourth-order valence-electron chi connectivity index (χ4n) is 2.89. The molecule has 8 heteroatoms. The minimum atomic E-state index is -0.0256. The lowest BCUT2D eigenvalue weighted by Gasteiger charge is -2.17. The molecule has 4 rings (SSSR count). The Morgan fingerprint density at radius 2 is 1.70 bits per heavy atom. The number of nitrogens with zero attached hydrogens (tertiary/aromatic N) is 5. The van der Waals surface area contributed by atoms with Crippen molar-refractivity contribution in [2.45, 2.75) is 5.16 Å². The minimum absolute atomic E-state index is 0.0256. The van der Waals surface area contributed by atoms with Gasteiger partial charge in [-0.15, -0.1) is 10.2 Å². The third-order valence-corrected chi connectivity index (χ3v) is 5.66. The van der Waals surface area contributed by atoms with Gasteiger partial charge in [-0.3, -0.25) is 14.3 Å². The molecule has 4 aromatic rings. The molecule has 2 aromatic heterocycles. The topological polar surface area (TPSA) is 63.9 Å². The summed E-state index contributed by atoms with van der Waals surface area (Å²) in [6, 6.07) is 20.7. The molecule has 0 fully saturated rings. The maximum Gasteiger partial charge on any atom is 0.237 e. The predicted molar refractivity (Wildman–Crippen MR) is 120 cm³/mol. The Morgan fingerprint density at radius 3 is 2.40 bits per heavy atom. The summed E-state index contributed by atoms with van der Waals surface area (Å²) in [5, 5.41) is 9.99. The molecule has 0 radical (unpaired) electrons. The fourth-order valence-corrected chi connectivity index (χ4v) is 3.88. The van der Waals surface area contributed by atoms with E-state index in [1.54, 1.807) is 24.3 Å². The van der Waals surface area contributed by atoms with E-state index in [0.29, 0.717) is 16.0 Å². The number of halogens is 1. The van der Waals surface area contributed by atoms with Gasteiger partial charge in [-0.2, -0.15) is 0 Å². The number of anilines is 1. The lowest BCUT2D eigenvalue weighted by atomic mass is 10.2. The molecule has 0 atom stereocenters. The summed E-state index contributed by atoms with van der Waals surface area (Å²) in [5.41, 5.74) is 2.59. The minimum Gasteiger partial charge on any atom is -0.315 e. The number of carbonyl (C=O) groups is 1. The molecule has 0 unspecified atom stereocenters.